The lowest BCUT2D eigenvalue weighted by Gasteiger charge is -2.35. The number of carbonyl (C=O) groups is 1. The number of rotatable bonds is 2. The van der Waals surface area contributed by atoms with Gasteiger partial charge in [-0.05, 0) is 61.7 Å². The summed E-state index contributed by atoms with van der Waals surface area (Å²) < 4.78 is 0.981. The van der Waals surface area contributed by atoms with Gasteiger partial charge in [0.15, 0.2) is 0 Å². The Morgan fingerprint density at radius 1 is 1.00 bits per heavy atom. The molecule has 0 aliphatic carbocycles. The second-order valence-electron chi connectivity index (χ2n) is 7.97. The first-order valence-corrected chi connectivity index (χ1v) is 10.8. The minimum Gasteiger partial charge on any atom is -0.306 e. The number of para-hydroxylation sites is 2. The first-order chi connectivity index (χ1) is 15.5. The van der Waals surface area contributed by atoms with E-state index in [1.54, 1.807) is 41.3 Å². The number of fused-ring (bicyclic) bond motifs is 2. The van der Waals surface area contributed by atoms with Crippen molar-refractivity contribution in [2.75, 3.05) is 4.90 Å². The molecule has 1 aliphatic rings. The molecule has 1 N–H and O–H groups in total. The van der Waals surface area contributed by atoms with Crippen molar-refractivity contribution in [3.63, 3.8) is 0 Å². The van der Waals surface area contributed by atoms with Crippen LogP contribution in [0, 0.1) is 0 Å². The van der Waals surface area contributed by atoms with Crippen molar-refractivity contribution in [2.45, 2.75) is 25.8 Å². The van der Waals surface area contributed by atoms with E-state index in [-0.39, 0.29) is 22.7 Å². The Morgan fingerprint density at radius 2 is 1.75 bits per heavy atom. The summed E-state index contributed by atoms with van der Waals surface area (Å²) >= 11 is 6.39. The lowest BCUT2D eigenvalue weighted by Crippen LogP contribution is -2.42. The number of nitrogens with one attached hydrogen (secondary N) is 1. The molecule has 7 heteroatoms. The van der Waals surface area contributed by atoms with Crippen molar-refractivity contribution in [3.05, 3.63) is 104 Å². The van der Waals surface area contributed by atoms with Crippen LogP contribution in [0.1, 0.15) is 29.3 Å². The lowest BCUT2D eigenvalue weighted by atomic mass is 9.95. The van der Waals surface area contributed by atoms with Crippen LogP contribution in [0.15, 0.2) is 76.3 Å². The quantitative estimate of drug-likeness (QED) is 0.499. The zero-order valence-corrected chi connectivity index (χ0v) is 18.1. The highest BCUT2D eigenvalue weighted by Gasteiger charge is 2.29. The third-order valence-corrected chi connectivity index (χ3v) is 6.30. The van der Waals surface area contributed by atoms with Crippen molar-refractivity contribution in [3.8, 4) is 5.69 Å². The normalized spacial score (nSPS) is 15.6. The van der Waals surface area contributed by atoms with Crippen LogP contribution < -0.4 is 16.1 Å². The first kappa shape index (κ1) is 20.3. The minimum absolute atomic E-state index is 0.0170. The predicted octanol–water partition coefficient (Wildman–Crippen LogP) is 4.31. The maximum Gasteiger partial charge on any atom is 0.333 e. The van der Waals surface area contributed by atoms with Gasteiger partial charge in [0, 0.05) is 17.3 Å². The topological polar surface area (TPSA) is 75.2 Å². The lowest BCUT2D eigenvalue weighted by molar-refractivity contribution is 0.0975. The number of hydrogen-bond acceptors (Lipinski definition) is 3. The third-order valence-electron chi connectivity index (χ3n) is 5.98. The number of hydrogen-bond donors (Lipinski definition) is 1. The van der Waals surface area contributed by atoms with E-state index in [1.165, 1.54) is 6.07 Å². The zero-order chi connectivity index (χ0) is 22.4. The molecular weight excluding hydrogens is 426 g/mol. The Kier molecular flexibility index (Phi) is 4.94. The second kappa shape index (κ2) is 7.80. The summed E-state index contributed by atoms with van der Waals surface area (Å²) in [6.45, 7) is 2.02. The van der Waals surface area contributed by atoms with Gasteiger partial charge in [0.05, 0.1) is 21.6 Å². The Balaban J connectivity index is 1.65. The van der Waals surface area contributed by atoms with Crippen LogP contribution in [-0.2, 0) is 6.42 Å². The van der Waals surface area contributed by atoms with Crippen LogP contribution in [0.25, 0.3) is 16.6 Å². The molecule has 160 valence electrons. The van der Waals surface area contributed by atoms with E-state index >= 15 is 0 Å². The van der Waals surface area contributed by atoms with Gasteiger partial charge in [-0.15, -0.1) is 0 Å². The molecule has 1 amide bonds. The molecule has 3 aromatic carbocycles. The summed E-state index contributed by atoms with van der Waals surface area (Å²) in [4.78, 5) is 43.9. The summed E-state index contributed by atoms with van der Waals surface area (Å²) in [7, 11) is 0. The summed E-state index contributed by atoms with van der Waals surface area (Å²) in [5.41, 5.74) is 1.87. The average Bonchev–Trinajstić information content (AvgIpc) is 2.80. The summed E-state index contributed by atoms with van der Waals surface area (Å²) in [6.07, 6.45) is 1.77. The number of H-pyrrole nitrogens is 1. The van der Waals surface area contributed by atoms with Crippen LogP contribution in [0.2, 0.25) is 5.02 Å². The molecule has 4 aromatic rings. The Morgan fingerprint density at radius 3 is 2.59 bits per heavy atom. The van der Waals surface area contributed by atoms with Gasteiger partial charge in [0.25, 0.3) is 11.5 Å². The molecule has 1 aliphatic heterocycles. The van der Waals surface area contributed by atoms with Crippen molar-refractivity contribution in [1.29, 1.82) is 0 Å². The number of anilines is 1. The monoisotopic (exact) mass is 445 g/mol. The van der Waals surface area contributed by atoms with Crippen molar-refractivity contribution < 1.29 is 4.79 Å². The van der Waals surface area contributed by atoms with Gasteiger partial charge in [0.1, 0.15) is 0 Å². The maximum atomic E-state index is 13.6. The fourth-order valence-electron chi connectivity index (χ4n) is 4.34. The van der Waals surface area contributed by atoms with E-state index in [1.807, 2.05) is 31.2 Å². The van der Waals surface area contributed by atoms with Gasteiger partial charge in [-0.3, -0.25) is 9.59 Å². The smallest absolute Gasteiger partial charge is 0.306 e. The van der Waals surface area contributed by atoms with Crippen LogP contribution >= 0.6 is 11.6 Å². The number of aromatic nitrogens is 2. The summed E-state index contributed by atoms with van der Waals surface area (Å²) in [6, 6.07) is 19.3. The van der Waals surface area contributed by atoms with Gasteiger partial charge < -0.3 is 9.88 Å². The molecule has 5 rings (SSSR count). The maximum absolute atomic E-state index is 13.6. The molecule has 1 aromatic heterocycles. The number of aryl methyl sites for hydroxylation is 1. The van der Waals surface area contributed by atoms with E-state index < -0.39 is 11.2 Å². The van der Waals surface area contributed by atoms with Crippen molar-refractivity contribution in [1.82, 2.24) is 9.55 Å². The predicted molar refractivity (Wildman–Crippen MR) is 126 cm³/mol. The van der Waals surface area contributed by atoms with Gasteiger partial charge in [-0.1, -0.05) is 41.9 Å². The van der Waals surface area contributed by atoms with Crippen LogP contribution in [0.3, 0.4) is 0 Å². The van der Waals surface area contributed by atoms with Crippen LogP contribution in [0.4, 0.5) is 5.69 Å². The highest BCUT2D eigenvalue weighted by molar-refractivity contribution is 6.32. The Hall–Kier alpha value is -3.64. The van der Waals surface area contributed by atoms with Crippen molar-refractivity contribution >= 4 is 34.1 Å². The number of nitrogens with zero attached hydrogens (tertiary/aromatic N) is 2. The number of aromatic amines is 1. The van der Waals surface area contributed by atoms with Gasteiger partial charge in [0.2, 0.25) is 0 Å². The molecule has 0 spiro atoms. The molecule has 1 unspecified atom stereocenters. The van der Waals surface area contributed by atoms with Gasteiger partial charge >= 0.3 is 5.69 Å². The molecular formula is C25H20ClN3O3. The molecule has 0 saturated heterocycles. The molecule has 0 fully saturated rings. The van der Waals surface area contributed by atoms with Crippen molar-refractivity contribution in [2.24, 2.45) is 0 Å². The summed E-state index contributed by atoms with van der Waals surface area (Å²) in [5, 5.41) is 0.565. The zero-order valence-electron chi connectivity index (χ0n) is 17.3. The van der Waals surface area contributed by atoms with E-state index in [0.29, 0.717) is 16.5 Å². The molecule has 32 heavy (non-hydrogen) atoms. The van der Waals surface area contributed by atoms with E-state index in [4.69, 9.17) is 11.6 Å². The second-order valence-corrected chi connectivity index (χ2v) is 8.38. The fourth-order valence-corrected chi connectivity index (χ4v) is 4.54. The largest absolute Gasteiger partial charge is 0.333 e. The summed E-state index contributed by atoms with van der Waals surface area (Å²) in [5.74, 6) is -0.201. The van der Waals surface area contributed by atoms with E-state index in [9.17, 15) is 14.4 Å². The standard InChI is InChI=1S/C25H20ClN3O3/c1-15-10-11-16-6-2-5-9-21(16)28(15)23(30)17-12-13-19(26)22(14-17)29-24(31)18-7-3-4-8-20(18)27-25(29)32/h2-9,12-15H,10-11H2,1H3,(H,27,32). The average molecular weight is 446 g/mol. The van der Waals surface area contributed by atoms with E-state index in [0.717, 1.165) is 28.7 Å². The highest BCUT2D eigenvalue weighted by Crippen LogP contribution is 2.32. The number of halogens is 1. The molecule has 0 bridgehead atoms. The molecule has 6 nitrogen and oxygen atoms in total. The number of benzene rings is 3. The third kappa shape index (κ3) is 3.24. The van der Waals surface area contributed by atoms with Crippen LogP contribution in [0.5, 0.6) is 0 Å². The number of carbonyl (C=O) groups excluding carboxylic acids is 1. The first-order valence-electron chi connectivity index (χ1n) is 10.4. The fraction of sp³-hybridized carbons (Fsp3) is 0.160. The molecule has 0 radical (unpaired) electrons. The highest BCUT2D eigenvalue weighted by atomic mass is 35.5. The molecule has 2 heterocycles. The van der Waals surface area contributed by atoms with Gasteiger partial charge in [-0.2, -0.15) is 0 Å². The Bertz CT molecular complexity index is 1490. The number of amides is 1. The SMILES string of the molecule is CC1CCc2ccccc2N1C(=O)c1ccc(Cl)c(-n2c(=O)[nH]c3ccccc3c2=O)c1. The van der Waals surface area contributed by atoms with E-state index in [2.05, 4.69) is 4.98 Å². The van der Waals surface area contributed by atoms with Crippen LogP contribution in [-0.4, -0.2) is 21.5 Å². The van der Waals surface area contributed by atoms with Gasteiger partial charge in [-0.25, -0.2) is 9.36 Å². The minimum atomic E-state index is -0.614. The molecule has 0 saturated carbocycles. The Labute approximate surface area is 188 Å². The molecule has 1 atom stereocenters.